The minimum atomic E-state index is -3.47. The number of rotatable bonds is 5. The van der Waals surface area contributed by atoms with E-state index in [9.17, 15) is 23.1 Å². The number of carbonyl (C=O) groups is 2. The normalized spacial score (nSPS) is 33.0. The van der Waals surface area contributed by atoms with E-state index < -0.39 is 27.4 Å². The summed E-state index contributed by atoms with van der Waals surface area (Å²) in [5, 5.41) is 9.76. The first-order valence-corrected chi connectivity index (χ1v) is 11.0. The topological polar surface area (TPSA) is 104 Å². The van der Waals surface area contributed by atoms with E-state index in [1.807, 2.05) is 0 Å². The molecule has 1 amide bonds. The zero-order chi connectivity index (χ0) is 18.9. The number of carboxylic acids is 1. The van der Waals surface area contributed by atoms with E-state index in [0.29, 0.717) is 45.6 Å². The van der Waals surface area contributed by atoms with Crippen molar-refractivity contribution < 1.29 is 27.9 Å². The van der Waals surface area contributed by atoms with Gasteiger partial charge in [-0.2, -0.15) is 4.31 Å². The molecule has 3 aliphatic heterocycles. The Morgan fingerprint density at radius 2 is 2.08 bits per heavy atom. The van der Waals surface area contributed by atoms with E-state index in [4.69, 9.17) is 4.74 Å². The van der Waals surface area contributed by atoms with Gasteiger partial charge in [0.05, 0.1) is 17.8 Å². The van der Waals surface area contributed by atoms with Gasteiger partial charge in [-0.15, -0.1) is 0 Å². The lowest BCUT2D eigenvalue weighted by Gasteiger charge is -2.36. The number of fused-ring (bicyclic) bond motifs is 1. The van der Waals surface area contributed by atoms with Gasteiger partial charge in [0.25, 0.3) is 0 Å². The maximum absolute atomic E-state index is 13.2. The van der Waals surface area contributed by atoms with Gasteiger partial charge in [0.2, 0.25) is 15.9 Å². The van der Waals surface area contributed by atoms with Gasteiger partial charge in [0, 0.05) is 32.2 Å². The third-order valence-electron chi connectivity index (χ3n) is 6.00. The Morgan fingerprint density at radius 3 is 2.73 bits per heavy atom. The van der Waals surface area contributed by atoms with Gasteiger partial charge in [-0.3, -0.25) is 9.59 Å². The van der Waals surface area contributed by atoms with Crippen LogP contribution in [0.25, 0.3) is 0 Å². The lowest BCUT2D eigenvalue weighted by molar-refractivity contribution is -0.157. The van der Waals surface area contributed by atoms with E-state index in [1.54, 1.807) is 11.8 Å². The van der Waals surface area contributed by atoms with Crippen LogP contribution < -0.4 is 0 Å². The van der Waals surface area contributed by atoms with E-state index >= 15 is 0 Å². The summed E-state index contributed by atoms with van der Waals surface area (Å²) in [5.74, 6) is -1.34. The van der Waals surface area contributed by atoms with Gasteiger partial charge >= 0.3 is 5.97 Å². The number of aliphatic carboxylic acids is 1. The Bertz CT molecular complexity index is 666. The molecule has 0 aromatic carbocycles. The molecule has 3 saturated heterocycles. The van der Waals surface area contributed by atoms with Crippen molar-refractivity contribution in [3.05, 3.63) is 0 Å². The summed E-state index contributed by atoms with van der Waals surface area (Å²) in [6, 6.07) is -0.702. The minimum Gasteiger partial charge on any atom is -0.481 e. The predicted octanol–water partition coefficient (Wildman–Crippen LogP) is 0.530. The third kappa shape index (κ3) is 3.36. The van der Waals surface area contributed by atoms with Crippen LogP contribution in [0.5, 0.6) is 0 Å². The molecule has 0 spiro atoms. The molecule has 3 aliphatic rings. The Hall–Kier alpha value is -1.19. The number of amides is 1. The van der Waals surface area contributed by atoms with E-state index in [1.165, 1.54) is 4.31 Å². The van der Waals surface area contributed by atoms with Gasteiger partial charge in [0.15, 0.2) is 0 Å². The van der Waals surface area contributed by atoms with E-state index in [2.05, 4.69) is 0 Å². The van der Waals surface area contributed by atoms with Gasteiger partial charge in [0.1, 0.15) is 6.04 Å². The summed E-state index contributed by atoms with van der Waals surface area (Å²) in [7, 11) is -3.47. The first-order valence-electron chi connectivity index (χ1n) is 9.41. The summed E-state index contributed by atoms with van der Waals surface area (Å²) in [6.07, 6.45) is 2.95. The molecule has 0 bridgehead atoms. The second-order valence-electron chi connectivity index (χ2n) is 7.64. The largest absolute Gasteiger partial charge is 0.481 e. The SMILES string of the molecule is CCCS(=O)(=O)N1CCCCC1C(=O)N1C[C@H]2COCC[C@@]2(C(=O)O)C1. The maximum Gasteiger partial charge on any atom is 0.311 e. The Labute approximate surface area is 154 Å². The highest BCUT2D eigenvalue weighted by molar-refractivity contribution is 7.89. The first kappa shape index (κ1) is 19.6. The highest BCUT2D eigenvalue weighted by Gasteiger charge is 2.56. The predicted molar refractivity (Wildman–Crippen MR) is 94.0 cm³/mol. The number of likely N-dealkylation sites (tertiary alicyclic amines) is 1. The lowest BCUT2D eigenvalue weighted by Crippen LogP contribution is -2.53. The first-order chi connectivity index (χ1) is 12.3. The van der Waals surface area contributed by atoms with Gasteiger partial charge < -0.3 is 14.7 Å². The molecule has 148 valence electrons. The van der Waals surface area contributed by atoms with Crippen molar-refractivity contribution in [1.82, 2.24) is 9.21 Å². The number of carboxylic acid groups (broad SMARTS) is 1. The number of piperidine rings is 1. The molecule has 1 N–H and O–H groups in total. The second kappa shape index (κ2) is 7.44. The summed E-state index contributed by atoms with van der Waals surface area (Å²) in [6.45, 7) is 3.35. The van der Waals surface area contributed by atoms with Crippen LogP contribution in [0, 0.1) is 11.3 Å². The Kier molecular flexibility index (Phi) is 5.60. The molecule has 0 saturated carbocycles. The molecular formula is C17H28N2O6S. The molecule has 0 aromatic heterocycles. The molecular weight excluding hydrogens is 360 g/mol. The number of sulfonamides is 1. The van der Waals surface area contributed by atoms with Crippen LogP contribution in [0.1, 0.15) is 39.0 Å². The standard InChI is InChI=1S/C17H28N2O6S/c1-2-9-26(23,24)19-7-4-3-5-14(19)15(20)18-10-13-11-25-8-6-17(13,12-18)16(21)22/h13-14H,2-12H2,1H3,(H,21,22)/t13-,14?,17+/m0/s1. The summed E-state index contributed by atoms with van der Waals surface area (Å²) in [5.41, 5.74) is -0.963. The van der Waals surface area contributed by atoms with Crippen molar-refractivity contribution in [3.8, 4) is 0 Å². The smallest absolute Gasteiger partial charge is 0.311 e. The number of hydrogen-bond donors (Lipinski definition) is 1. The quantitative estimate of drug-likeness (QED) is 0.737. The molecule has 0 radical (unpaired) electrons. The van der Waals surface area contributed by atoms with Gasteiger partial charge in [-0.05, 0) is 25.7 Å². The van der Waals surface area contributed by atoms with Crippen LogP contribution in [0.3, 0.4) is 0 Å². The van der Waals surface area contributed by atoms with Crippen molar-refractivity contribution in [2.24, 2.45) is 11.3 Å². The minimum absolute atomic E-state index is 0.0340. The number of nitrogens with zero attached hydrogens (tertiary/aromatic N) is 2. The molecule has 0 aliphatic carbocycles. The second-order valence-corrected chi connectivity index (χ2v) is 9.68. The molecule has 26 heavy (non-hydrogen) atoms. The number of hydrogen-bond acceptors (Lipinski definition) is 5. The van der Waals surface area contributed by atoms with Crippen LogP contribution in [0.4, 0.5) is 0 Å². The Balaban J connectivity index is 1.80. The van der Waals surface area contributed by atoms with Crippen molar-refractivity contribution in [2.75, 3.05) is 38.6 Å². The summed E-state index contributed by atoms with van der Waals surface area (Å²) < 4.78 is 31.9. The Morgan fingerprint density at radius 1 is 1.31 bits per heavy atom. The van der Waals surface area contributed by atoms with Crippen LogP contribution in [0.2, 0.25) is 0 Å². The highest BCUT2D eigenvalue weighted by atomic mass is 32.2. The van der Waals surface area contributed by atoms with E-state index in [-0.39, 0.29) is 24.1 Å². The number of ether oxygens (including phenoxy) is 1. The molecule has 3 atom stereocenters. The molecule has 3 heterocycles. The van der Waals surface area contributed by atoms with E-state index in [0.717, 1.165) is 12.8 Å². The van der Waals surface area contributed by atoms with Crippen LogP contribution in [-0.2, 0) is 24.3 Å². The van der Waals surface area contributed by atoms with Crippen molar-refractivity contribution in [1.29, 1.82) is 0 Å². The fraction of sp³-hybridized carbons (Fsp3) is 0.882. The fourth-order valence-corrected chi connectivity index (χ4v) is 6.28. The van der Waals surface area contributed by atoms with Crippen LogP contribution in [-0.4, -0.2) is 79.2 Å². The van der Waals surface area contributed by atoms with Gasteiger partial charge in [-0.25, -0.2) is 8.42 Å². The van der Waals surface area contributed by atoms with Crippen LogP contribution in [0.15, 0.2) is 0 Å². The van der Waals surface area contributed by atoms with Crippen LogP contribution >= 0.6 is 0 Å². The molecule has 9 heteroatoms. The highest BCUT2D eigenvalue weighted by Crippen LogP contribution is 2.43. The van der Waals surface area contributed by atoms with Crippen molar-refractivity contribution in [3.63, 3.8) is 0 Å². The zero-order valence-corrected chi connectivity index (χ0v) is 16.0. The molecule has 3 rings (SSSR count). The summed E-state index contributed by atoms with van der Waals surface area (Å²) >= 11 is 0. The average Bonchev–Trinajstić information content (AvgIpc) is 3.02. The lowest BCUT2D eigenvalue weighted by atomic mass is 9.74. The van der Waals surface area contributed by atoms with Gasteiger partial charge in [-0.1, -0.05) is 13.3 Å². The fourth-order valence-electron chi connectivity index (χ4n) is 4.54. The average molecular weight is 388 g/mol. The van der Waals surface area contributed by atoms with Crippen molar-refractivity contribution >= 4 is 21.9 Å². The van der Waals surface area contributed by atoms with Crippen molar-refractivity contribution in [2.45, 2.75) is 45.1 Å². The molecule has 0 aromatic rings. The number of carbonyl (C=O) groups excluding carboxylic acids is 1. The summed E-state index contributed by atoms with van der Waals surface area (Å²) in [4.78, 5) is 26.6. The molecule has 8 nitrogen and oxygen atoms in total. The molecule has 3 fully saturated rings. The monoisotopic (exact) mass is 388 g/mol. The third-order valence-corrected chi connectivity index (χ3v) is 8.08. The maximum atomic E-state index is 13.2. The zero-order valence-electron chi connectivity index (χ0n) is 15.2. The molecule has 1 unspecified atom stereocenters.